The van der Waals surface area contributed by atoms with Gasteiger partial charge in [-0.05, 0) is 62.9 Å². The minimum absolute atomic E-state index is 0.126. The molecule has 0 unspecified atom stereocenters. The first-order valence-electron chi connectivity index (χ1n) is 10.3. The van der Waals surface area contributed by atoms with E-state index < -0.39 is 23.1 Å². The van der Waals surface area contributed by atoms with Crippen molar-refractivity contribution in [1.82, 2.24) is 9.88 Å². The van der Waals surface area contributed by atoms with Gasteiger partial charge < -0.3 is 20.3 Å². The van der Waals surface area contributed by atoms with Crippen molar-refractivity contribution < 1.29 is 23.9 Å². The fourth-order valence-corrected chi connectivity index (χ4v) is 4.33. The molecule has 8 heteroatoms. The summed E-state index contributed by atoms with van der Waals surface area (Å²) in [6, 6.07) is 4.26. The first kappa shape index (κ1) is 22.7. The first-order chi connectivity index (χ1) is 14.6. The molecule has 0 aliphatic heterocycles. The third kappa shape index (κ3) is 4.25. The summed E-state index contributed by atoms with van der Waals surface area (Å²) >= 11 is 0. The summed E-state index contributed by atoms with van der Waals surface area (Å²) < 4.78 is 15.0. The topological polar surface area (TPSA) is 100 Å². The summed E-state index contributed by atoms with van der Waals surface area (Å²) in [5, 5.41) is 15.2. The number of amides is 2. The molecule has 1 aromatic heterocycles. The molecule has 2 amide bonds. The van der Waals surface area contributed by atoms with Gasteiger partial charge in [0.1, 0.15) is 5.82 Å². The zero-order valence-electron chi connectivity index (χ0n) is 18.3. The third-order valence-electron chi connectivity index (χ3n) is 6.24. The van der Waals surface area contributed by atoms with Crippen molar-refractivity contribution in [2.45, 2.75) is 52.0 Å². The van der Waals surface area contributed by atoms with Gasteiger partial charge in [0.2, 0.25) is 0 Å². The van der Waals surface area contributed by atoms with Crippen molar-refractivity contribution in [3.05, 3.63) is 52.1 Å². The van der Waals surface area contributed by atoms with E-state index in [1.807, 2.05) is 0 Å². The molecule has 31 heavy (non-hydrogen) atoms. The SMILES string of the molecule is Cc1cc(NC(=O)c2c(C)c(C(=O)C(=O)NC3(CO)CCCC3)n(C)c2C)ccc1F. The van der Waals surface area contributed by atoms with E-state index in [1.165, 1.54) is 22.8 Å². The van der Waals surface area contributed by atoms with Gasteiger partial charge in [-0.3, -0.25) is 14.4 Å². The lowest BCUT2D eigenvalue weighted by atomic mass is 9.98. The van der Waals surface area contributed by atoms with E-state index >= 15 is 0 Å². The molecule has 1 heterocycles. The van der Waals surface area contributed by atoms with Crippen molar-refractivity contribution in [2.75, 3.05) is 11.9 Å². The van der Waals surface area contributed by atoms with Crippen LogP contribution < -0.4 is 10.6 Å². The van der Waals surface area contributed by atoms with Crippen LogP contribution in [-0.4, -0.2) is 39.4 Å². The molecule has 2 aromatic rings. The number of nitrogens with one attached hydrogen (secondary N) is 2. The number of aliphatic hydroxyl groups is 1. The predicted octanol–water partition coefficient (Wildman–Crippen LogP) is 2.95. The molecule has 0 saturated heterocycles. The zero-order valence-corrected chi connectivity index (χ0v) is 18.3. The summed E-state index contributed by atoms with van der Waals surface area (Å²) in [6.45, 7) is 4.69. The van der Waals surface area contributed by atoms with Crippen molar-refractivity contribution in [3.63, 3.8) is 0 Å². The average molecular weight is 429 g/mol. The highest BCUT2D eigenvalue weighted by atomic mass is 19.1. The number of hydrogen-bond donors (Lipinski definition) is 3. The van der Waals surface area contributed by atoms with E-state index in [0.717, 1.165) is 12.8 Å². The molecule has 1 aliphatic carbocycles. The van der Waals surface area contributed by atoms with Crippen LogP contribution >= 0.6 is 0 Å². The van der Waals surface area contributed by atoms with Crippen LogP contribution in [0, 0.1) is 26.6 Å². The lowest BCUT2D eigenvalue weighted by Crippen LogP contribution is -2.51. The number of Topliss-reactive ketones (excluding diaryl/α,β-unsaturated/α-hetero) is 1. The van der Waals surface area contributed by atoms with Crippen molar-refractivity contribution in [1.29, 1.82) is 0 Å². The van der Waals surface area contributed by atoms with Gasteiger partial charge in [-0.15, -0.1) is 0 Å². The number of nitrogens with zero attached hydrogens (tertiary/aromatic N) is 1. The maximum Gasteiger partial charge on any atom is 0.294 e. The fraction of sp³-hybridized carbons (Fsp3) is 0.435. The second-order valence-corrected chi connectivity index (χ2v) is 8.34. The van der Waals surface area contributed by atoms with Crippen molar-refractivity contribution in [2.24, 2.45) is 7.05 Å². The third-order valence-corrected chi connectivity index (χ3v) is 6.24. The van der Waals surface area contributed by atoms with Crippen LogP contribution in [0.4, 0.5) is 10.1 Å². The Morgan fingerprint density at radius 3 is 2.39 bits per heavy atom. The Balaban J connectivity index is 1.87. The maximum absolute atomic E-state index is 13.5. The lowest BCUT2D eigenvalue weighted by Gasteiger charge is -2.27. The second-order valence-electron chi connectivity index (χ2n) is 8.34. The number of rotatable bonds is 6. The number of aromatic nitrogens is 1. The molecule has 166 valence electrons. The minimum atomic E-state index is -0.791. The van der Waals surface area contributed by atoms with Gasteiger partial charge in [0.15, 0.2) is 0 Å². The summed E-state index contributed by atoms with van der Waals surface area (Å²) in [5.41, 5.74) is 1.41. The number of aliphatic hydroxyl groups excluding tert-OH is 1. The van der Waals surface area contributed by atoms with Gasteiger partial charge in [0.25, 0.3) is 17.6 Å². The Bertz CT molecular complexity index is 1050. The molecule has 0 spiro atoms. The Kier molecular flexibility index (Phi) is 6.31. The van der Waals surface area contributed by atoms with E-state index in [-0.39, 0.29) is 18.1 Å². The number of halogens is 1. The molecule has 1 aliphatic rings. The quantitative estimate of drug-likeness (QED) is 0.486. The van der Waals surface area contributed by atoms with Crippen LogP contribution in [0.3, 0.4) is 0 Å². The number of hydrogen-bond acceptors (Lipinski definition) is 4. The average Bonchev–Trinajstić information content (AvgIpc) is 3.27. The molecule has 1 aromatic carbocycles. The fourth-order valence-electron chi connectivity index (χ4n) is 4.33. The minimum Gasteiger partial charge on any atom is -0.394 e. The summed E-state index contributed by atoms with van der Waals surface area (Å²) in [5.74, 6) is -2.36. The molecule has 7 nitrogen and oxygen atoms in total. The van der Waals surface area contributed by atoms with Crippen LogP contribution in [0.2, 0.25) is 0 Å². The molecule has 1 fully saturated rings. The van der Waals surface area contributed by atoms with E-state index in [1.54, 1.807) is 27.8 Å². The summed E-state index contributed by atoms with van der Waals surface area (Å²) in [7, 11) is 1.62. The number of carbonyl (C=O) groups is 3. The predicted molar refractivity (Wildman–Crippen MR) is 115 cm³/mol. The largest absolute Gasteiger partial charge is 0.394 e. The maximum atomic E-state index is 13.5. The van der Waals surface area contributed by atoms with Crippen molar-refractivity contribution >= 4 is 23.3 Å². The Hall–Kier alpha value is -3.00. The summed E-state index contributed by atoms with van der Waals surface area (Å²) in [6.07, 6.45) is 3.01. The van der Waals surface area contributed by atoms with Crippen LogP contribution in [0.15, 0.2) is 18.2 Å². The van der Waals surface area contributed by atoms with Crippen LogP contribution in [0.5, 0.6) is 0 Å². The van der Waals surface area contributed by atoms with Gasteiger partial charge in [-0.2, -0.15) is 0 Å². The Labute approximate surface area is 180 Å². The molecule has 0 atom stereocenters. The number of benzene rings is 1. The number of carbonyl (C=O) groups excluding carboxylic acids is 3. The number of aryl methyl sites for hydroxylation is 1. The van der Waals surface area contributed by atoms with Gasteiger partial charge >= 0.3 is 0 Å². The lowest BCUT2D eigenvalue weighted by molar-refractivity contribution is -0.119. The van der Waals surface area contributed by atoms with Gasteiger partial charge in [-0.1, -0.05) is 12.8 Å². The highest BCUT2D eigenvalue weighted by Gasteiger charge is 2.37. The van der Waals surface area contributed by atoms with E-state index in [9.17, 15) is 23.9 Å². The van der Waals surface area contributed by atoms with Crippen LogP contribution in [0.25, 0.3) is 0 Å². The van der Waals surface area contributed by atoms with E-state index in [4.69, 9.17) is 0 Å². The van der Waals surface area contributed by atoms with Crippen LogP contribution in [-0.2, 0) is 11.8 Å². The van der Waals surface area contributed by atoms with Gasteiger partial charge in [-0.25, -0.2) is 4.39 Å². The highest BCUT2D eigenvalue weighted by Crippen LogP contribution is 2.30. The van der Waals surface area contributed by atoms with Crippen LogP contribution in [0.1, 0.15) is 63.4 Å². The Morgan fingerprint density at radius 2 is 1.81 bits per heavy atom. The van der Waals surface area contributed by atoms with Crippen molar-refractivity contribution in [3.8, 4) is 0 Å². The number of anilines is 1. The Morgan fingerprint density at radius 1 is 1.16 bits per heavy atom. The normalized spacial score (nSPS) is 15.0. The molecule has 0 bridgehead atoms. The standard InChI is InChI=1S/C23H28FN3O4/c1-13-11-16(7-8-17(13)24)25-21(30)18-14(2)19(27(4)15(18)3)20(29)22(31)26-23(12-28)9-5-6-10-23/h7-8,11,28H,5-6,9-10,12H2,1-4H3,(H,25,30)(H,26,31). The molecule has 3 N–H and O–H groups in total. The van der Waals surface area contributed by atoms with E-state index in [2.05, 4.69) is 10.6 Å². The smallest absolute Gasteiger partial charge is 0.294 e. The summed E-state index contributed by atoms with van der Waals surface area (Å²) in [4.78, 5) is 38.6. The number of ketones is 1. The molecular weight excluding hydrogens is 401 g/mol. The van der Waals surface area contributed by atoms with Gasteiger partial charge in [0, 0.05) is 18.4 Å². The highest BCUT2D eigenvalue weighted by molar-refractivity contribution is 6.43. The second kappa shape index (κ2) is 8.63. The monoisotopic (exact) mass is 429 g/mol. The van der Waals surface area contributed by atoms with E-state index in [0.29, 0.717) is 40.9 Å². The molecule has 3 rings (SSSR count). The molecular formula is C23H28FN3O4. The zero-order chi connectivity index (χ0) is 22.9. The molecule has 1 saturated carbocycles. The first-order valence-corrected chi connectivity index (χ1v) is 10.3. The molecule has 0 radical (unpaired) electrons. The van der Waals surface area contributed by atoms with Gasteiger partial charge in [0.05, 0.1) is 23.4 Å².